The zero-order valence-corrected chi connectivity index (χ0v) is 14.6. The van der Waals surface area contributed by atoms with Crippen LogP contribution in [-0.2, 0) is 13.0 Å². The van der Waals surface area contributed by atoms with Gasteiger partial charge in [0.25, 0.3) is 0 Å². The van der Waals surface area contributed by atoms with Gasteiger partial charge in [-0.1, -0.05) is 35.9 Å². The van der Waals surface area contributed by atoms with Gasteiger partial charge in [-0.2, -0.15) is 0 Å². The van der Waals surface area contributed by atoms with Crippen molar-refractivity contribution in [1.29, 1.82) is 0 Å². The summed E-state index contributed by atoms with van der Waals surface area (Å²) in [5, 5.41) is 10.5. The molecule has 0 saturated carbocycles. The third-order valence-electron chi connectivity index (χ3n) is 3.65. The molecule has 6 nitrogen and oxygen atoms in total. The zero-order valence-electron chi connectivity index (χ0n) is 13.8. The highest BCUT2D eigenvalue weighted by Gasteiger charge is 2.16. The number of ether oxygens (including phenoxy) is 1. The maximum Gasteiger partial charge on any atom is 0.309 e. The first-order chi connectivity index (χ1) is 12.6. The lowest BCUT2D eigenvalue weighted by molar-refractivity contribution is 0.0914. The predicted molar refractivity (Wildman–Crippen MR) is 92.7 cm³/mol. The van der Waals surface area contributed by atoms with E-state index in [1.54, 1.807) is 13.2 Å². The highest BCUT2D eigenvalue weighted by molar-refractivity contribution is 6.31. The van der Waals surface area contributed by atoms with Gasteiger partial charge in [0.2, 0.25) is 5.89 Å². The van der Waals surface area contributed by atoms with Crippen LogP contribution in [0.3, 0.4) is 0 Å². The lowest BCUT2D eigenvalue weighted by Gasteiger charge is -2.08. The molecule has 8 heteroatoms. The molecule has 0 fully saturated rings. The molecule has 0 aliphatic rings. The Morgan fingerprint density at radius 2 is 2.04 bits per heavy atom. The SMILES string of the molecule is COc1ccccc1CNC(=O)c1nnc(Cc2ccc(F)cc2Cl)o1. The number of halogens is 2. The third kappa shape index (κ3) is 4.18. The van der Waals surface area contributed by atoms with Gasteiger partial charge in [-0.3, -0.25) is 4.79 Å². The number of carbonyl (C=O) groups is 1. The monoisotopic (exact) mass is 375 g/mol. The van der Waals surface area contributed by atoms with Crippen LogP contribution in [-0.4, -0.2) is 23.2 Å². The van der Waals surface area contributed by atoms with Crippen molar-refractivity contribution in [2.75, 3.05) is 7.11 Å². The predicted octanol–water partition coefficient (Wildman–Crippen LogP) is 3.39. The number of carbonyl (C=O) groups excluding carboxylic acids is 1. The van der Waals surface area contributed by atoms with Crippen molar-refractivity contribution < 1.29 is 18.3 Å². The molecule has 1 amide bonds. The van der Waals surface area contributed by atoms with E-state index in [0.29, 0.717) is 11.3 Å². The van der Waals surface area contributed by atoms with Crippen molar-refractivity contribution in [3.05, 3.63) is 76.2 Å². The van der Waals surface area contributed by atoms with Gasteiger partial charge in [0, 0.05) is 17.1 Å². The Balaban J connectivity index is 1.64. The summed E-state index contributed by atoms with van der Waals surface area (Å²) < 4.78 is 23.7. The topological polar surface area (TPSA) is 77.2 Å². The van der Waals surface area contributed by atoms with Crippen LogP contribution >= 0.6 is 11.6 Å². The third-order valence-corrected chi connectivity index (χ3v) is 4.00. The van der Waals surface area contributed by atoms with E-state index >= 15 is 0 Å². The number of nitrogens with zero attached hydrogens (tertiary/aromatic N) is 2. The second kappa shape index (κ2) is 7.97. The first-order valence-electron chi connectivity index (χ1n) is 7.73. The molecule has 1 aromatic heterocycles. The molecule has 0 spiro atoms. The average Bonchev–Trinajstić information content (AvgIpc) is 3.11. The number of methoxy groups -OCH3 is 1. The molecule has 0 atom stereocenters. The number of amides is 1. The van der Waals surface area contributed by atoms with Crippen LogP contribution in [0.25, 0.3) is 0 Å². The Labute approximate surface area is 154 Å². The van der Waals surface area contributed by atoms with Crippen molar-refractivity contribution in [1.82, 2.24) is 15.5 Å². The van der Waals surface area contributed by atoms with E-state index in [4.69, 9.17) is 20.8 Å². The summed E-state index contributed by atoms with van der Waals surface area (Å²) >= 11 is 5.97. The summed E-state index contributed by atoms with van der Waals surface area (Å²) in [6.45, 7) is 0.254. The molecular weight excluding hydrogens is 361 g/mol. The Morgan fingerprint density at radius 3 is 2.81 bits per heavy atom. The summed E-state index contributed by atoms with van der Waals surface area (Å²) in [4.78, 5) is 12.2. The minimum atomic E-state index is -0.500. The second-order valence-electron chi connectivity index (χ2n) is 5.41. The number of nitrogens with one attached hydrogen (secondary N) is 1. The molecule has 1 heterocycles. The van der Waals surface area contributed by atoms with Crippen LogP contribution in [0.15, 0.2) is 46.9 Å². The molecule has 0 bridgehead atoms. The normalized spacial score (nSPS) is 10.6. The van der Waals surface area contributed by atoms with Crippen molar-refractivity contribution in [3.8, 4) is 5.75 Å². The number of aromatic nitrogens is 2. The lowest BCUT2D eigenvalue weighted by atomic mass is 10.1. The van der Waals surface area contributed by atoms with E-state index in [9.17, 15) is 9.18 Å². The van der Waals surface area contributed by atoms with Gasteiger partial charge < -0.3 is 14.5 Å². The first kappa shape index (κ1) is 17.9. The zero-order chi connectivity index (χ0) is 18.5. The van der Waals surface area contributed by atoms with E-state index in [0.717, 1.165) is 5.56 Å². The molecule has 2 aromatic carbocycles. The van der Waals surface area contributed by atoms with Gasteiger partial charge >= 0.3 is 11.8 Å². The van der Waals surface area contributed by atoms with Crippen molar-refractivity contribution in [3.63, 3.8) is 0 Å². The fourth-order valence-corrected chi connectivity index (χ4v) is 2.58. The quantitative estimate of drug-likeness (QED) is 0.714. The minimum absolute atomic E-state index is 0.159. The number of hydrogen-bond donors (Lipinski definition) is 1. The molecule has 3 rings (SSSR count). The molecule has 0 unspecified atom stereocenters. The summed E-state index contributed by atoms with van der Waals surface area (Å²) in [6.07, 6.45) is 0.200. The molecule has 0 aliphatic carbocycles. The minimum Gasteiger partial charge on any atom is -0.496 e. The number of rotatable bonds is 6. The van der Waals surface area contributed by atoms with Crippen LogP contribution < -0.4 is 10.1 Å². The first-order valence-corrected chi connectivity index (χ1v) is 8.11. The van der Waals surface area contributed by atoms with Gasteiger partial charge in [-0.25, -0.2) is 4.39 Å². The number of hydrogen-bond acceptors (Lipinski definition) is 5. The molecule has 0 saturated heterocycles. The Hall–Kier alpha value is -2.93. The van der Waals surface area contributed by atoms with Crippen LogP contribution in [0.1, 0.15) is 27.7 Å². The van der Waals surface area contributed by atoms with Crippen molar-refractivity contribution in [2.24, 2.45) is 0 Å². The summed E-state index contributed by atoms with van der Waals surface area (Å²) in [7, 11) is 1.56. The van der Waals surface area contributed by atoms with Gasteiger partial charge in [-0.05, 0) is 23.8 Å². The highest BCUT2D eigenvalue weighted by Crippen LogP contribution is 2.20. The van der Waals surface area contributed by atoms with Crippen LogP contribution in [0.5, 0.6) is 5.75 Å². The summed E-state index contributed by atoms with van der Waals surface area (Å²) in [5.41, 5.74) is 1.44. The van der Waals surface area contributed by atoms with E-state index < -0.39 is 11.7 Å². The average molecular weight is 376 g/mol. The van der Waals surface area contributed by atoms with Crippen molar-refractivity contribution in [2.45, 2.75) is 13.0 Å². The number of para-hydroxylation sites is 1. The molecule has 3 aromatic rings. The van der Waals surface area contributed by atoms with Gasteiger partial charge in [0.1, 0.15) is 11.6 Å². The molecule has 26 heavy (non-hydrogen) atoms. The highest BCUT2D eigenvalue weighted by atomic mass is 35.5. The maximum absolute atomic E-state index is 13.1. The maximum atomic E-state index is 13.1. The fraction of sp³-hybridized carbons (Fsp3) is 0.167. The Bertz CT molecular complexity index is 930. The molecule has 0 radical (unpaired) electrons. The second-order valence-corrected chi connectivity index (χ2v) is 5.82. The van der Waals surface area contributed by atoms with Gasteiger partial charge in [0.05, 0.1) is 13.5 Å². The van der Waals surface area contributed by atoms with E-state index in [-0.39, 0.29) is 29.8 Å². The largest absolute Gasteiger partial charge is 0.496 e. The molecule has 1 N–H and O–H groups in total. The van der Waals surface area contributed by atoms with Gasteiger partial charge in [0.15, 0.2) is 0 Å². The molecular formula is C18H15ClFN3O3. The summed E-state index contributed by atoms with van der Waals surface area (Å²) in [6, 6.07) is 11.4. The van der Waals surface area contributed by atoms with Crippen LogP contribution in [0.2, 0.25) is 5.02 Å². The van der Waals surface area contributed by atoms with Gasteiger partial charge in [-0.15, -0.1) is 10.2 Å². The van der Waals surface area contributed by atoms with Crippen molar-refractivity contribution >= 4 is 17.5 Å². The van der Waals surface area contributed by atoms with E-state index in [1.807, 2.05) is 18.2 Å². The smallest absolute Gasteiger partial charge is 0.309 e. The van der Waals surface area contributed by atoms with Crippen LogP contribution in [0, 0.1) is 5.82 Å². The molecule has 0 aliphatic heterocycles. The molecule has 134 valence electrons. The lowest BCUT2D eigenvalue weighted by Crippen LogP contribution is -2.23. The van der Waals surface area contributed by atoms with E-state index in [1.165, 1.54) is 18.2 Å². The fourth-order valence-electron chi connectivity index (χ4n) is 2.34. The van der Waals surface area contributed by atoms with E-state index in [2.05, 4.69) is 15.5 Å². The summed E-state index contributed by atoms with van der Waals surface area (Å²) in [5.74, 6) is -0.209. The standard InChI is InChI=1S/C18H15ClFN3O3/c1-25-15-5-3-2-4-12(15)10-21-17(24)18-23-22-16(26-18)8-11-6-7-13(20)9-14(11)19/h2-7,9H,8,10H2,1H3,(H,21,24). The number of benzene rings is 2. The Kier molecular flexibility index (Phi) is 5.48. The Morgan fingerprint density at radius 1 is 1.23 bits per heavy atom. The van der Waals surface area contributed by atoms with Crippen LogP contribution in [0.4, 0.5) is 4.39 Å².